The molecule has 0 spiro atoms. The molecule has 5 heteroatoms. The molecule has 0 heterocycles. The van der Waals surface area contributed by atoms with Crippen LogP contribution in [0.25, 0.3) is 0 Å². The van der Waals surface area contributed by atoms with Gasteiger partial charge in [-0.25, -0.2) is 0 Å². The first-order valence-electron chi connectivity index (χ1n) is 6.41. The third-order valence-corrected chi connectivity index (χ3v) is 3.53. The summed E-state index contributed by atoms with van der Waals surface area (Å²) in [5.74, 6) is 0.969. The lowest BCUT2D eigenvalue weighted by Gasteiger charge is -2.11. The highest BCUT2D eigenvalue weighted by Crippen LogP contribution is 2.27. The predicted octanol–water partition coefficient (Wildman–Crippen LogP) is 3.63. The normalized spacial score (nSPS) is 10.0. The van der Waals surface area contributed by atoms with E-state index in [1.54, 1.807) is 13.2 Å². The topological polar surface area (TPSA) is 47.6 Å². The molecule has 2 aromatic rings. The van der Waals surface area contributed by atoms with Crippen LogP contribution in [0.1, 0.15) is 5.56 Å². The van der Waals surface area contributed by atoms with E-state index in [1.165, 1.54) is 0 Å². The summed E-state index contributed by atoms with van der Waals surface area (Å²) in [5, 5.41) is 2.78. The van der Waals surface area contributed by atoms with Gasteiger partial charge in [0.1, 0.15) is 0 Å². The lowest BCUT2D eigenvalue weighted by molar-refractivity contribution is -0.118. The van der Waals surface area contributed by atoms with Gasteiger partial charge in [-0.2, -0.15) is 0 Å². The predicted molar refractivity (Wildman–Crippen MR) is 91.0 cm³/mol. The zero-order valence-corrected chi connectivity index (χ0v) is 14.0. The number of benzene rings is 2. The second-order valence-electron chi connectivity index (χ2n) is 4.50. The summed E-state index contributed by atoms with van der Waals surface area (Å²) in [4.78, 5) is 11.9. The van der Waals surface area contributed by atoms with Crippen LogP contribution in [0.4, 0.5) is 5.69 Å². The highest BCUT2D eigenvalue weighted by Gasteiger charge is 2.08. The molecule has 0 saturated carbocycles. The molecule has 0 aliphatic carbocycles. The number of halogens is 1. The van der Waals surface area contributed by atoms with Gasteiger partial charge in [-0.1, -0.05) is 6.07 Å². The van der Waals surface area contributed by atoms with Crippen LogP contribution >= 0.6 is 22.6 Å². The molecule has 0 radical (unpaired) electrons. The zero-order chi connectivity index (χ0) is 15.2. The molecule has 0 aliphatic heterocycles. The molecular formula is C16H16INO3. The summed E-state index contributed by atoms with van der Waals surface area (Å²) < 4.78 is 11.9. The summed E-state index contributed by atoms with van der Waals surface area (Å²) in [7, 11) is 1.58. The largest absolute Gasteiger partial charge is 0.493 e. The molecule has 2 aromatic carbocycles. The van der Waals surface area contributed by atoms with Crippen molar-refractivity contribution in [1.29, 1.82) is 0 Å². The van der Waals surface area contributed by atoms with Gasteiger partial charge in [-0.05, 0) is 71.5 Å². The molecule has 0 saturated heterocycles. The molecule has 21 heavy (non-hydrogen) atoms. The number of hydrogen-bond acceptors (Lipinski definition) is 3. The lowest BCUT2D eigenvalue weighted by Crippen LogP contribution is -2.20. The fourth-order valence-electron chi connectivity index (χ4n) is 1.77. The van der Waals surface area contributed by atoms with Crippen molar-refractivity contribution < 1.29 is 14.3 Å². The highest BCUT2D eigenvalue weighted by molar-refractivity contribution is 14.1. The molecule has 1 N–H and O–H groups in total. The van der Waals surface area contributed by atoms with E-state index >= 15 is 0 Å². The fourth-order valence-corrected chi connectivity index (χ4v) is 2.13. The Kier molecular flexibility index (Phi) is 5.44. The quantitative estimate of drug-likeness (QED) is 0.785. The van der Waals surface area contributed by atoms with Gasteiger partial charge in [0.15, 0.2) is 18.1 Å². The van der Waals surface area contributed by atoms with E-state index in [0.29, 0.717) is 11.5 Å². The first-order valence-corrected chi connectivity index (χ1v) is 7.49. The van der Waals surface area contributed by atoms with Crippen LogP contribution in [0.5, 0.6) is 11.5 Å². The van der Waals surface area contributed by atoms with Crippen molar-refractivity contribution >= 4 is 34.2 Å². The third kappa shape index (κ3) is 4.63. The van der Waals surface area contributed by atoms with E-state index < -0.39 is 0 Å². The van der Waals surface area contributed by atoms with Crippen LogP contribution in [0, 0.1) is 10.5 Å². The van der Waals surface area contributed by atoms with E-state index in [0.717, 1.165) is 14.8 Å². The number of rotatable bonds is 5. The number of methoxy groups -OCH3 is 1. The van der Waals surface area contributed by atoms with Crippen LogP contribution in [-0.4, -0.2) is 19.6 Å². The maximum absolute atomic E-state index is 11.9. The van der Waals surface area contributed by atoms with Crippen molar-refractivity contribution in [3.05, 3.63) is 51.6 Å². The van der Waals surface area contributed by atoms with Gasteiger partial charge in [0.05, 0.1) is 7.11 Å². The van der Waals surface area contributed by atoms with Crippen LogP contribution in [0.3, 0.4) is 0 Å². The standard InChI is InChI=1S/C16H16INO3/c1-11-3-8-14(15(9-11)20-2)21-10-16(19)18-13-6-4-12(17)5-7-13/h3-9H,10H2,1-2H3,(H,18,19). The molecule has 0 atom stereocenters. The zero-order valence-electron chi connectivity index (χ0n) is 11.9. The van der Waals surface area contributed by atoms with Gasteiger partial charge in [0, 0.05) is 9.26 Å². The molecule has 4 nitrogen and oxygen atoms in total. The number of carbonyl (C=O) groups excluding carboxylic acids is 1. The van der Waals surface area contributed by atoms with Crippen molar-refractivity contribution in [2.45, 2.75) is 6.92 Å². The SMILES string of the molecule is COc1cc(C)ccc1OCC(=O)Nc1ccc(I)cc1. The Labute approximate surface area is 137 Å². The van der Waals surface area contributed by atoms with Gasteiger partial charge >= 0.3 is 0 Å². The maximum Gasteiger partial charge on any atom is 0.262 e. The molecule has 110 valence electrons. The Morgan fingerprint density at radius 1 is 1.14 bits per heavy atom. The lowest BCUT2D eigenvalue weighted by atomic mass is 10.2. The number of hydrogen-bond donors (Lipinski definition) is 1. The summed E-state index contributed by atoms with van der Waals surface area (Å²) in [6.07, 6.45) is 0. The average molecular weight is 397 g/mol. The first-order chi connectivity index (χ1) is 10.1. The van der Waals surface area contributed by atoms with Crippen molar-refractivity contribution in [1.82, 2.24) is 0 Å². The van der Waals surface area contributed by atoms with Gasteiger partial charge in [0.25, 0.3) is 5.91 Å². The van der Waals surface area contributed by atoms with Crippen molar-refractivity contribution in [2.75, 3.05) is 19.0 Å². The maximum atomic E-state index is 11.9. The minimum atomic E-state index is -0.209. The first kappa shape index (κ1) is 15.6. The van der Waals surface area contributed by atoms with Gasteiger partial charge in [0.2, 0.25) is 0 Å². The minimum Gasteiger partial charge on any atom is -0.493 e. The summed E-state index contributed by atoms with van der Waals surface area (Å²) in [6.45, 7) is 1.90. The molecule has 0 bridgehead atoms. The van der Waals surface area contributed by atoms with E-state index in [1.807, 2.05) is 43.3 Å². The smallest absolute Gasteiger partial charge is 0.262 e. The number of ether oxygens (including phenoxy) is 2. The van der Waals surface area contributed by atoms with Crippen LogP contribution in [0.15, 0.2) is 42.5 Å². The van der Waals surface area contributed by atoms with Crippen molar-refractivity contribution in [3.63, 3.8) is 0 Å². The second-order valence-corrected chi connectivity index (χ2v) is 5.74. The Morgan fingerprint density at radius 2 is 1.86 bits per heavy atom. The van der Waals surface area contributed by atoms with Crippen LogP contribution in [-0.2, 0) is 4.79 Å². The molecule has 0 unspecified atom stereocenters. The second kappa shape index (κ2) is 7.31. The fraction of sp³-hybridized carbons (Fsp3) is 0.188. The van der Waals surface area contributed by atoms with E-state index in [4.69, 9.17) is 9.47 Å². The van der Waals surface area contributed by atoms with Gasteiger partial charge in [-0.15, -0.1) is 0 Å². The Hall–Kier alpha value is -1.76. The van der Waals surface area contributed by atoms with Crippen molar-refractivity contribution in [2.24, 2.45) is 0 Å². The molecule has 0 fully saturated rings. The van der Waals surface area contributed by atoms with Crippen LogP contribution in [0.2, 0.25) is 0 Å². The Morgan fingerprint density at radius 3 is 2.52 bits per heavy atom. The molecule has 0 aromatic heterocycles. The van der Waals surface area contributed by atoms with Crippen LogP contribution < -0.4 is 14.8 Å². The summed E-state index contributed by atoms with van der Waals surface area (Å²) in [5.41, 5.74) is 1.82. The third-order valence-electron chi connectivity index (χ3n) is 2.81. The summed E-state index contributed by atoms with van der Waals surface area (Å²) in [6, 6.07) is 13.1. The molecular weight excluding hydrogens is 381 g/mol. The Balaban J connectivity index is 1.93. The summed E-state index contributed by atoms with van der Waals surface area (Å²) >= 11 is 2.21. The number of nitrogens with one attached hydrogen (secondary N) is 1. The average Bonchev–Trinajstić information content (AvgIpc) is 2.48. The van der Waals surface area contributed by atoms with E-state index in [2.05, 4.69) is 27.9 Å². The van der Waals surface area contributed by atoms with Gasteiger partial charge < -0.3 is 14.8 Å². The number of amides is 1. The van der Waals surface area contributed by atoms with Crippen molar-refractivity contribution in [3.8, 4) is 11.5 Å². The monoisotopic (exact) mass is 397 g/mol. The molecule has 1 amide bonds. The Bertz CT molecular complexity index is 626. The van der Waals surface area contributed by atoms with E-state index in [-0.39, 0.29) is 12.5 Å². The van der Waals surface area contributed by atoms with E-state index in [9.17, 15) is 4.79 Å². The number of carbonyl (C=O) groups is 1. The molecule has 0 aliphatic rings. The number of aryl methyl sites for hydroxylation is 1. The molecule has 2 rings (SSSR count). The minimum absolute atomic E-state index is 0.0641. The van der Waals surface area contributed by atoms with Gasteiger partial charge in [-0.3, -0.25) is 4.79 Å². The highest BCUT2D eigenvalue weighted by atomic mass is 127. The number of anilines is 1.